The van der Waals surface area contributed by atoms with Crippen molar-refractivity contribution in [2.45, 2.75) is 17.1 Å². The molecule has 0 heterocycles. The van der Waals surface area contributed by atoms with E-state index in [1.165, 1.54) is 11.8 Å². The molecule has 9 heteroatoms. The average Bonchev–Trinajstić information content (AvgIpc) is 3.09. The quantitative estimate of drug-likeness (QED) is 0.0974. The number of thioether (sulfide) groups is 1. The predicted molar refractivity (Wildman–Crippen MR) is 190 cm³/mol. The van der Waals surface area contributed by atoms with Crippen LogP contribution in [0.4, 0.5) is 11.4 Å². The monoisotopic (exact) mass is 661 g/mol. The van der Waals surface area contributed by atoms with Crippen LogP contribution in [0, 0.1) is 6.92 Å². The number of ether oxygens (including phenoxy) is 1. The molecule has 5 rings (SSSR count). The number of carbonyl (C=O) groups excluding carboxylic acids is 3. The van der Waals surface area contributed by atoms with E-state index in [0.29, 0.717) is 33.3 Å². The summed E-state index contributed by atoms with van der Waals surface area (Å²) in [4.78, 5) is 41.1. The minimum absolute atomic E-state index is 0.0450. The first-order chi connectivity index (χ1) is 22.8. The number of amides is 3. The molecule has 236 valence electrons. The van der Waals surface area contributed by atoms with Crippen LogP contribution in [0.5, 0.6) is 5.75 Å². The zero-order chi connectivity index (χ0) is 33.2. The van der Waals surface area contributed by atoms with Gasteiger partial charge in [-0.15, -0.1) is 11.8 Å². The lowest BCUT2D eigenvalue weighted by molar-refractivity contribution is -0.116. The molecule has 5 aromatic rings. The normalized spacial score (nSPS) is 11.7. The van der Waals surface area contributed by atoms with E-state index in [-0.39, 0.29) is 11.6 Å². The third-order valence-corrected chi connectivity index (χ3v) is 8.56. The molecule has 7 nitrogen and oxygen atoms in total. The first kappa shape index (κ1) is 33.1. The molecule has 0 saturated carbocycles. The minimum atomic E-state index is -0.603. The number of hydrogen-bond acceptors (Lipinski definition) is 5. The molecule has 0 aliphatic carbocycles. The second-order valence-electron chi connectivity index (χ2n) is 10.5. The first-order valence-corrected chi connectivity index (χ1v) is 16.0. The summed E-state index contributed by atoms with van der Waals surface area (Å²) in [5, 5.41) is 8.61. The molecule has 0 saturated heterocycles. The Bertz CT molecular complexity index is 1920. The minimum Gasteiger partial charge on any atom is -0.497 e. The van der Waals surface area contributed by atoms with Gasteiger partial charge in [0.2, 0.25) is 5.91 Å². The maximum atomic E-state index is 13.7. The highest BCUT2D eigenvalue weighted by Gasteiger charge is 2.23. The van der Waals surface area contributed by atoms with E-state index in [9.17, 15) is 14.4 Å². The van der Waals surface area contributed by atoms with Gasteiger partial charge in [-0.2, -0.15) is 0 Å². The van der Waals surface area contributed by atoms with E-state index in [1.807, 2.05) is 55.5 Å². The van der Waals surface area contributed by atoms with Crippen molar-refractivity contribution in [2.24, 2.45) is 0 Å². The second kappa shape index (κ2) is 15.8. The van der Waals surface area contributed by atoms with Crippen molar-refractivity contribution in [2.75, 3.05) is 17.7 Å². The van der Waals surface area contributed by atoms with Gasteiger partial charge in [0.15, 0.2) is 0 Å². The molecule has 1 atom stereocenters. The van der Waals surface area contributed by atoms with Gasteiger partial charge in [0.1, 0.15) is 16.7 Å². The van der Waals surface area contributed by atoms with Crippen LogP contribution in [-0.2, 0) is 9.59 Å². The highest BCUT2D eigenvalue weighted by atomic mass is 35.5. The van der Waals surface area contributed by atoms with Gasteiger partial charge < -0.3 is 20.7 Å². The molecule has 0 aliphatic heterocycles. The Balaban J connectivity index is 1.39. The molecular formula is C38H32ClN3O4S. The number of carbonyl (C=O) groups is 3. The van der Waals surface area contributed by atoms with E-state index in [4.69, 9.17) is 16.3 Å². The van der Waals surface area contributed by atoms with Crippen LogP contribution in [0.15, 0.2) is 138 Å². The Hall–Kier alpha value is -5.31. The first-order valence-electron chi connectivity index (χ1n) is 14.7. The smallest absolute Gasteiger partial charge is 0.272 e. The summed E-state index contributed by atoms with van der Waals surface area (Å²) in [6.07, 6.45) is 1.59. The van der Waals surface area contributed by atoms with Crippen LogP contribution in [0.2, 0.25) is 5.02 Å². The number of rotatable bonds is 11. The standard InChI is InChI=1S/C38H32ClN3O4S/c1-25-19-20-29(39)23-33(25)41-38(45)35(27-12-5-3-6-13-27)47-32-18-10-16-30(24-32)40-37(44)34(22-26-11-9-17-31(21-26)46-2)42-36(43)28-14-7-4-8-15-28/h3-24,35H,1-2H3,(H,40,44)(H,41,45)(H,42,43)/b34-22-. The van der Waals surface area contributed by atoms with Crippen LogP contribution < -0.4 is 20.7 Å². The molecule has 0 bridgehead atoms. The number of hydrogen-bond donors (Lipinski definition) is 3. The molecule has 0 spiro atoms. The number of benzene rings is 5. The fourth-order valence-electron chi connectivity index (χ4n) is 4.65. The van der Waals surface area contributed by atoms with Crippen LogP contribution in [-0.4, -0.2) is 24.8 Å². The third kappa shape index (κ3) is 9.13. The Morgan fingerprint density at radius 2 is 1.51 bits per heavy atom. The Labute approximate surface area is 283 Å². The van der Waals surface area contributed by atoms with Gasteiger partial charge in [0, 0.05) is 26.9 Å². The molecule has 47 heavy (non-hydrogen) atoms. The van der Waals surface area contributed by atoms with Crippen LogP contribution in [0.3, 0.4) is 0 Å². The van der Waals surface area contributed by atoms with Gasteiger partial charge in [0.25, 0.3) is 11.8 Å². The summed E-state index contributed by atoms with van der Waals surface area (Å²) >= 11 is 7.55. The molecular weight excluding hydrogens is 630 g/mol. The van der Waals surface area contributed by atoms with E-state index in [0.717, 1.165) is 16.0 Å². The Morgan fingerprint density at radius 3 is 2.26 bits per heavy atom. The maximum Gasteiger partial charge on any atom is 0.272 e. The van der Waals surface area contributed by atoms with Gasteiger partial charge in [-0.25, -0.2) is 0 Å². The molecule has 0 radical (unpaired) electrons. The van der Waals surface area contributed by atoms with Crippen molar-refractivity contribution in [3.05, 3.63) is 160 Å². The number of aryl methyl sites for hydroxylation is 1. The molecule has 0 aromatic heterocycles. The molecule has 5 aromatic carbocycles. The fraction of sp³-hybridized carbons (Fsp3) is 0.0789. The summed E-state index contributed by atoms with van der Waals surface area (Å²) < 4.78 is 5.33. The molecule has 0 aliphatic rings. The summed E-state index contributed by atoms with van der Waals surface area (Å²) in [6, 6.07) is 37.9. The topological polar surface area (TPSA) is 96.5 Å². The second-order valence-corrected chi connectivity index (χ2v) is 12.1. The number of methoxy groups -OCH3 is 1. The SMILES string of the molecule is COc1cccc(/C=C(\NC(=O)c2ccccc2)C(=O)Nc2cccc(SC(C(=O)Nc3cc(Cl)ccc3C)c3ccccc3)c2)c1. The summed E-state index contributed by atoms with van der Waals surface area (Å²) in [7, 11) is 1.56. The van der Waals surface area contributed by atoms with Gasteiger partial charge in [-0.05, 0) is 84.3 Å². The zero-order valence-corrected chi connectivity index (χ0v) is 27.3. The van der Waals surface area contributed by atoms with Gasteiger partial charge in [0.05, 0.1) is 7.11 Å². The zero-order valence-electron chi connectivity index (χ0n) is 25.7. The van der Waals surface area contributed by atoms with Crippen molar-refractivity contribution in [3.63, 3.8) is 0 Å². The highest BCUT2D eigenvalue weighted by molar-refractivity contribution is 8.00. The van der Waals surface area contributed by atoms with Gasteiger partial charge in [-0.1, -0.05) is 84.4 Å². The number of halogens is 1. The van der Waals surface area contributed by atoms with Crippen LogP contribution >= 0.6 is 23.4 Å². The lowest BCUT2D eigenvalue weighted by Gasteiger charge is -2.19. The van der Waals surface area contributed by atoms with Crippen molar-refractivity contribution >= 4 is 58.5 Å². The van der Waals surface area contributed by atoms with Crippen molar-refractivity contribution in [1.29, 1.82) is 0 Å². The fourth-order valence-corrected chi connectivity index (χ4v) is 5.91. The average molecular weight is 662 g/mol. The largest absolute Gasteiger partial charge is 0.497 e. The van der Waals surface area contributed by atoms with Gasteiger partial charge >= 0.3 is 0 Å². The summed E-state index contributed by atoms with van der Waals surface area (Å²) in [6.45, 7) is 1.90. The maximum absolute atomic E-state index is 13.7. The summed E-state index contributed by atoms with van der Waals surface area (Å²) in [5.41, 5.74) is 3.95. The molecule has 0 fully saturated rings. The number of anilines is 2. The Morgan fingerprint density at radius 1 is 0.787 bits per heavy atom. The van der Waals surface area contributed by atoms with Gasteiger partial charge in [-0.3, -0.25) is 14.4 Å². The van der Waals surface area contributed by atoms with Crippen LogP contribution in [0.1, 0.15) is 32.3 Å². The Kier molecular flexibility index (Phi) is 11.1. The number of nitrogens with one attached hydrogen (secondary N) is 3. The highest BCUT2D eigenvalue weighted by Crippen LogP contribution is 2.37. The van der Waals surface area contributed by atoms with E-state index in [2.05, 4.69) is 16.0 Å². The third-order valence-electron chi connectivity index (χ3n) is 7.08. The molecule has 3 N–H and O–H groups in total. The van der Waals surface area contributed by atoms with E-state index >= 15 is 0 Å². The van der Waals surface area contributed by atoms with E-state index < -0.39 is 17.1 Å². The van der Waals surface area contributed by atoms with Crippen molar-refractivity contribution < 1.29 is 19.1 Å². The lowest BCUT2D eigenvalue weighted by Crippen LogP contribution is -2.30. The van der Waals surface area contributed by atoms with Crippen molar-refractivity contribution in [3.8, 4) is 5.75 Å². The molecule has 1 unspecified atom stereocenters. The van der Waals surface area contributed by atoms with E-state index in [1.54, 1.807) is 92.0 Å². The van der Waals surface area contributed by atoms with Crippen molar-refractivity contribution in [1.82, 2.24) is 5.32 Å². The van der Waals surface area contributed by atoms with Crippen LogP contribution in [0.25, 0.3) is 6.08 Å². The molecule has 3 amide bonds. The predicted octanol–water partition coefficient (Wildman–Crippen LogP) is 8.54. The lowest BCUT2D eigenvalue weighted by atomic mass is 10.1. The summed E-state index contributed by atoms with van der Waals surface area (Å²) in [5.74, 6) is -0.549.